The van der Waals surface area contributed by atoms with Gasteiger partial charge < -0.3 is 35.2 Å². The third-order valence-corrected chi connectivity index (χ3v) is 6.62. The number of anilines is 1. The minimum absolute atomic E-state index is 0.0745. The van der Waals surface area contributed by atoms with Crippen LogP contribution in [0.15, 0.2) is 28.9 Å². The monoisotopic (exact) mass is 465 g/mol. The second kappa shape index (κ2) is 8.14. The molecular formula is C9H14N3O13P3. The van der Waals surface area contributed by atoms with Crippen molar-refractivity contribution in [1.29, 1.82) is 0 Å². The summed E-state index contributed by atoms with van der Waals surface area (Å²) in [6, 6.07) is 1.25. The molecule has 1 aromatic rings. The number of nitrogens with two attached hydrogens (primary N) is 1. The van der Waals surface area contributed by atoms with E-state index in [-0.39, 0.29) is 11.6 Å². The van der Waals surface area contributed by atoms with Crippen molar-refractivity contribution in [3.8, 4) is 0 Å². The van der Waals surface area contributed by atoms with Crippen LogP contribution in [0.1, 0.15) is 6.23 Å². The van der Waals surface area contributed by atoms with E-state index in [0.717, 1.165) is 10.6 Å². The first-order chi connectivity index (χ1) is 12.7. The van der Waals surface area contributed by atoms with Crippen molar-refractivity contribution in [2.75, 3.05) is 12.3 Å². The van der Waals surface area contributed by atoms with Crippen LogP contribution in [0.4, 0.5) is 5.82 Å². The highest BCUT2D eigenvalue weighted by Crippen LogP contribution is 2.66. The standard InChI is InChI=1S/C9H14N3O13P3/c10-7-1-2-12(9(14)11-7)8-6(13)3-5(23-8)4-22-27(18,19)25-28(20,21)24-26(15,16)17/h1-3,6,8,13H,4H2,(H,18,19)(H,20,21)(H2,10,11,14)(H2,15,16,17)/t6-,8+/m0/s1. The number of aromatic nitrogens is 2. The van der Waals surface area contributed by atoms with Gasteiger partial charge in [0, 0.05) is 6.20 Å². The number of nitrogen functional groups attached to an aromatic ring is 1. The first-order valence-corrected chi connectivity index (χ1v) is 11.4. The maximum atomic E-state index is 11.8. The Morgan fingerprint density at radius 1 is 1.18 bits per heavy atom. The van der Waals surface area contributed by atoms with Crippen molar-refractivity contribution in [1.82, 2.24) is 9.55 Å². The van der Waals surface area contributed by atoms with Gasteiger partial charge in [-0.15, -0.1) is 0 Å². The molecule has 4 atom stereocenters. The van der Waals surface area contributed by atoms with Crippen LogP contribution in [0.5, 0.6) is 0 Å². The molecule has 0 saturated heterocycles. The molecule has 28 heavy (non-hydrogen) atoms. The van der Waals surface area contributed by atoms with Crippen LogP contribution in [0.3, 0.4) is 0 Å². The summed E-state index contributed by atoms with van der Waals surface area (Å²) in [6.07, 6.45) is -0.529. The lowest BCUT2D eigenvalue weighted by atomic mass is 10.3. The Balaban J connectivity index is 2.00. The molecule has 0 radical (unpaired) electrons. The molecular weight excluding hydrogens is 451 g/mol. The Kier molecular flexibility index (Phi) is 6.65. The van der Waals surface area contributed by atoms with E-state index in [1.54, 1.807) is 0 Å². The lowest BCUT2D eigenvalue weighted by Crippen LogP contribution is -2.32. The largest absolute Gasteiger partial charge is 0.490 e. The highest BCUT2D eigenvalue weighted by Gasteiger charge is 2.41. The van der Waals surface area contributed by atoms with Crippen molar-refractivity contribution in [3.63, 3.8) is 0 Å². The van der Waals surface area contributed by atoms with E-state index in [0.29, 0.717) is 0 Å². The van der Waals surface area contributed by atoms with E-state index in [4.69, 9.17) is 25.2 Å². The van der Waals surface area contributed by atoms with Crippen molar-refractivity contribution in [2.45, 2.75) is 12.3 Å². The van der Waals surface area contributed by atoms with Gasteiger partial charge in [-0.1, -0.05) is 0 Å². The van der Waals surface area contributed by atoms with Gasteiger partial charge in [-0.25, -0.2) is 18.5 Å². The van der Waals surface area contributed by atoms with Crippen molar-refractivity contribution < 1.29 is 56.3 Å². The van der Waals surface area contributed by atoms with Gasteiger partial charge in [0.05, 0.1) is 0 Å². The van der Waals surface area contributed by atoms with E-state index in [2.05, 4.69) is 18.1 Å². The zero-order chi connectivity index (χ0) is 21.3. The fourth-order valence-electron chi connectivity index (χ4n) is 1.91. The summed E-state index contributed by atoms with van der Waals surface area (Å²) in [4.78, 5) is 50.4. The molecule has 7 N–H and O–H groups in total. The van der Waals surface area contributed by atoms with E-state index >= 15 is 0 Å². The summed E-state index contributed by atoms with van der Waals surface area (Å²) in [6.45, 7) is -0.894. The van der Waals surface area contributed by atoms with Crippen molar-refractivity contribution >= 4 is 29.3 Å². The predicted octanol–water partition coefficient (Wildman–Crippen LogP) is -1.06. The Morgan fingerprint density at radius 3 is 2.39 bits per heavy atom. The molecule has 2 rings (SSSR count). The summed E-state index contributed by atoms with van der Waals surface area (Å²) in [7, 11) is -16.5. The molecule has 0 aromatic carbocycles. The summed E-state index contributed by atoms with van der Waals surface area (Å²) in [5.74, 6) is -0.350. The van der Waals surface area contributed by atoms with E-state index in [1.165, 1.54) is 12.3 Å². The SMILES string of the molecule is Nc1ccn([C@@H]2OC(COP(=O)(O)OP(=O)(O)OP(=O)(O)O)=C[C@@H]2O)c(=O)n1. The number of phosphoric acid groups is 3. The quantitative estimate of drug-likeness (QED) is 0.250. The van der Waals surface area contributed by atoms with Crippen LogP contribution in [0.25, 0.3) is 0 Å². The fraction of sp³-hybridized carbons (Fsp3) is 0.333. The first-order valence-electron chi connectivity index (χ1n) is 6.86. The average molecular weight is 465 g/mol. The highest BCUT2D eigenvalue weighted by molar-refractivity contribution is 7.66. The summed E-state index contributed by atoms with van der Waals surface area (Å²) in [5, 5.41) is 9.92. The Labute approximate surface area is 155 Å². The van der Waals surface area contributed by atoms with Crippen LogP contribution < -0.4 is 11.4 Å². The lowest BCUT2D eigenvalue weighted by molar-refractivity contribution is -0.0103. The Bertz CT molecular complexity index is 969. The molecule has 16 nitrogen and oxygen atoms in total. The zero-order valence-electron chi connectivity index (χ0n) is 13.4. The number of aliphatic hydroxyl groups excluding tert-OH is 1. The van der Waals surface area contributed by atoms with Crippen LogP contribution >= 0.6 is 23.5 Å². The lowest BCUT2D eigenvalue weighted by Gasteiger charge is -2.19. The molecule has 1 aliphatic heterocycles. The second-order valence-corrected chi connectivity index (χ2v) is 9.46. The molecule has 0 spiro atoms. The number of phosphoric ester groups is 1. The molecule has 1 aliphatic rings. The van der Waals surface area contributed by atoms with Gasteiger partial charge in [0.15, 0.2) is 0 Å². The summed E-state index contributed by atoms with van der Waals surface area (Å²) < 4.78 is 50.8. The summed E-state index contributed by atoms with van der Waals surface area (Å²) >= 11 is 0. The molecule has 1 aromatic heterocycles. The average Bonchev–Trinajstić information content (AvgIpc) is 2.82. The molecule has 2 heterocycles. The number of hydrogen-bond donors (Lipinski definition) is 6. The molecule has 2 unspecified atom stereocenters. The maximum absolute atomic E-state index is 11.8. The first kappa shape index (κ1) is 22.9. The third kappa shape index (κ3) is 6.58. The second-order valence-electron chi connectivity index (χ2n) is 5.04. The van der Waals surface area contributed by atoms with Gasteiger partial charge in [-0.05, 0) is 12.1 Å². The van der Waals surface area contributed by atoms with E-state index in [9.17, 15) is 28.5 Å². The zero-order valence-corrected chi connectivity index (χ0v) is 16.1. The van der Waals surface area contributed by atoms with Gasteiger partial charge in [-0.3, -0.25) is 9.09 Å². The molecule has 0 saturated carbocycles. The number of aliphatic hydroxyl groups is 1. The topological polar surface area (TPSA) is 250 Å². The van der Waals surface area contributed by atoms with Crippen LogP contribution in [-0.4, -0.2) is 46.9 Å². The number of hydrogen-bond acceptors (Lipinski definition) is 11. The molecule has 19 heteroatoms. The minimum Gasteiger partial charge on any atom is -0.469 e. The Hall–Kier alpha value is -1.41. The van der Waals surface area contributed by atoms with Crippen molar-refractivity contribution in [2.24, 2.45) is 0 Å². The molecule has 0 fully saturated rings. The number of rotatable bonds is 8. The number of nitrogens with zero attached hydrogens (tertiary/aromatic N) is 2. The van der Waals surface area contributed by atoms with Crippen LogP contribution in [0, 0.1) is 0 Å². The molecule has 0 amide bonds. The van der Waals surface area contributed by atoms with Crippen LogP contribution in [-0.2, 0) is 31.6 Å². The van der Waals surface area contributed by atoms with Gasteiger partial charge in [0.25, 0.3) is 0 Å². The molecule has 0 aliphatic carbocycles. The van der Waals surface area contributed by atoms with Gasteiger partial charge >= 0.3 is 29.2 Å². The molecule has 0 bridgehead atoms. The van der Waals surface area contributed by atoms with Crippen LogP contribution in [0.2, 0.25) is 0 Å². The van der Waals surface area contributed by atoms with E-state index < -0.39 is 48.1 Å². The van der Waals surface area contributed by atoms with Gasteiger partial charge in [0.1, 0.15) is 24.3 Å². The summed E-state index contributed by atoms with van der Waals surface area (Å²) in [5.41, 5.74) is 4.48. The smallest absolute Gasteiger partial charge is 0.469 e. The maximum Gasteiger partial charge on any atom is 0.490 e. The Morgan fingerprint density at radius 2 is 1.82 bits per heavy atom. The normalized spacial score (nSPS) is 24.1. The molecule has 158 valence electrons. The van der Waals surface area contributed by atoms with Crippen molar-refractivity contribution in [3.05, 3.63) is 34.6 Å². The minimum atomic E-state index is -5.66. The van der Waals surface area contributed by atoms with Gasteiger partial charge in [-0.2, -0.15) is 13.6 Å². The highest BCUT2D eigenvalue weighted by atomic mass is 31.3. The fourth-order valence-corrected chi connectivity index (χ4v) is 4.89. The predicted molar refractivity (Wildman–Crippen MR) is 86.9 cm³/mol. The third-order valence-electron chi connectivity index (χ3n) is 2.83. The van der Waals surface area contributed by atoms with E-state index in [1.807, 2.05) is 0 Å². The van der Waals surface area contributed by atoms with Gasteiger partial charge in [0.2, 0.25) is 6.23 Å². The number of ether oxygens (including phenoxy) is 1.